The molecule has 0 radical (unpaired) electrons. The molecule has 0 saturated heterocycles. The van der Waals surface area contributed by atoms with Crippen LogP contribution in [0.25, 0.3) is 0 Å². The maximum Gasteiger partial charge on any atom is 0.0534 e. The standard InChI is InChI=1S/C12H21N3/c1-3-6-15-9-11(8-14-15)7-13-10(2)12-4-5-12/h8-10,12-13H,3-7H2,1-2H3. The van der Waals surface area contributed by atoms with Crippen molar-refractivity contribution < 1.29 is 0 Å². The third-order valence-corrected chi connectivity index (χ3v) is 3.10. The summed E-state index contributed by atoms with van der Waals surface area (Å²) in [4.78, 5) is 0. The maximum absolute atomic E-state index is 4.32. The summed E-state index contributed by atoms with van der Waals surface area (Å²) in [6.45, 7) is 6.45. The minimum absolute atomic E-state index is 0.666. The Labute approximate surface area is 91.9 Å². The number of hydrogen-bond acceptors (Lipinski definition) is 2. The van der Waals surface area contributed by atoms with Crippen LogP contribution in [-0.2, 0) is 13.1 Å². The lowest BCUT2D eigenvalue weighted by molar-refractivity contribution is 0.496. The maximum atomic E-state index is 4.32. The molecule has 1 fully saturated rings. The van der Waals surface area contributed by atoms with Crippen LogP contribution in [0.15, 0.2) is 12.4 Å². The Balaban J connectivity index is 1.76. The lowest BCUT2D eigenvalue weighted by Gasteiger charge is -2.10. The van der Waals surface area contributed by atoms with E-state index < -0.39 is 0 Å². The predicted octanol–water partition coefficient (Wildman–Crippen LogP) is 2.18. The fourth-order valence-corrected chi connectivity index (χ4v) is 1.89. The average molecular weight is 207 g/mol. The third-order valence-electron chi connectivity index (χ3n) is 3.10. The van der Waals surface area contributed by atoms with Gasteiger partial charge in [-0.25, -0.2) is 0 Å². The van der Waals surface area contributed by atoms with Crippen molar-refractivity contribution in [3.8, 4) is 0 Å². The van der Waals surface area contributed by atoms with Gasteiger partial charge in [-0.15, -0.1) is 0 Å². The van der Waals surface area contributed by atoms with Gasteiger partial charge in [0.15, 0.2) is 0 Å². The van der Waals surface area contributed by atoms with Crippen molar-refractivity contribution in [3.63, 3.8) is 0 Å². The minimum atomic E-state index is 0.666. The van der Waals surface area contributed by atoms with Gasteiger partial charge in [0.2, 0.25) is 0 Å². The Morgan fingerprint density at radius 1 is 1.60 bits per heavy atom. The van der Waals surface area contributed by atoms with Crippen molar-refractivity contribution in [1.82, 2.24) is 15.1 Å². The summed E-state index contributed by atoms with van der Waals surface area (Å²) in [6, 6.07) is 0.666. The van der Waals surface area contributed by atoms with Gasteiger partial charge in [0, 0.05) is 30.9 Å². The lowest BCUT2D eigenvalue weighted by atomic mass is 10.2. The Hall–Kier alpha value is -0.830. The van der Waals surface area contributed by atoms with Crippen molar-refractivity contribution in [3.05, 3.63) is 18.0 Å². The molecule has 1 heterocycles. The van der Waals surface area contributed by atoms with Crippen LogP contribution < -0.4 is 5.32 Å². The summed E-state index contributed by atoms with van der Waals surface area (Å²) < 4.78 is 2.03. The van der Waals surface area contributed by atoms with E-state index in [1.165, 1.54) is 18.4 Å². The molecule has 15 heavy (non-hydrogen) atoms. The molecule has 0 amide bonds. The van der Waals surface area contributed by atoms with E-state index in [4.69, 9.17) is 0 Å². The Kier molecular flexibility index (Phi) is 3.41. The topological polar surface area (TPSA) is 29.9 Å². The number of aromatic nitrogens is 2. The number of aryl methyl sites for hydroxylation is 1. The molecule has 1 aliphatic rings. The first-order valence-electron chi connectivity index (χ1n) is 6.04. The molecule has 1 aromatic heterocycles. The van der Waals surface area contributed by atoms with Crippen molar-refractivity contribution >= 4 is 0 Å². The second-order valence-electron chi connectivity index (χ2n) is 4.62. The van der Waals surface area contributed by atoms with E-state index in [2.05, 4.69) is 30.5 Å². The summed E-state index contributed by atoms with van der Waals surface area (Å²) in [5, 5.41) is 7.88. The van der Waals surface area contributed by atoms with Crippen LogP contribution in [-0.4, -0.2) is 15.8 Å². The summed E-state index contributed by atoms with van der Waals surface area (Å²) in [5.74, 6) is 0.927. The highest BCUT2D eigenvalue weighted by Gasteiger charge is 2.27. The smallest absolute Gasteiger partial charge is 0.0534 e. The van der Waals surface area contributed by atoms with Crippen LogP contribution in [0.3, 0.4) is 0 Å². The van der Waals surface area contributed by atoms with Crippen molar-refractivity contribution in [2.24, 2.45) is 5.92 Å². The van der Waals surface area contributed by atoms with Crippen molar-refractivity contribution in [2.45, 2.75) is 52.2 Å². The van der Waals surface area contributed by atoms with Crippen LogP contribution in [0.4, 0.5) is 0 Å². The lowest BCUT2D eigenvalue weighted by Crippen LogP contribution is -2.27. The first-order valence-corrected chi connectivity index (χ1v) is 6.04. The number of nitrogens with one attached hydrogen (secondary N) is 1. The highest BCUT2D eigenvalue weighted by molar-refractivity contribution is 5.03. The molecule has 3 heteroatoms. The van der Waals surface area contributed by atoms with Gasteiger partial charge in [-0.1, -0.05) is 6.92 Å². The zero-order chi connectivity index (χ0) is 10.7. The Morgan fingerprint density at radius 3 is 3.07 bits per heavy atom. The van der Waals surface area contributed by atoms with E-state index in [-0.39, 0.29) is 0 Å². The molecular formula is C12H21N3. The first kappa shape index (κ1) is 10.7. The van der Waals surface area contributed by atoms with Crippen LogP contribution in [0.1, 0.15) is 38.7 Å². The molecule has 0 aliphatic heterocycles. The summed E-state index contributed by atoms with van der Waals surface area (Å²) >= 11 is 0. The summed E-state index contributed by atoms with van der Waals surface area (Å²) in [7, 11) is 0. The molecule has 1 unspecified atom stereocenters. The van der Waals surface area contributed by atoms with Gasteiger partial charge in [-0.05, 0) is 32.1 Å². The van der Waals surface area contributed by atoms with Crippen LogP contribution in [0.5, 0.6) is 0 Å². The Bertz CT molecular complexity index is 302. The molecule has 1 atom stereocenters. The van der Waals surface area contributed by atoms with Crippen LogP contribution in [0, 0.1) is 5.92 Å². The molecule has 84 valence electrons. The van der Waals surface area contributed by atoms with Gasteiger partial charge in [0.25, 0.3) is 0 Å². The normalized spacial score (nSPS) is 18.0. The fraction of sp³-hybridized carbons (Fsp3) is 0.750. The van der Waals surface area contributed by atoms with E-state index in [1.54, 1.807) is 0 Å². The molecule has 3 nitrogen and oxygen atoms in total. The number of hydrogen-bond donors (Lipinski definition) is 1. The quantitative estimate of drug-likeness (QED) is 0.775. The van der Waals surface area contributed by atoms with E-state index in [0.29, 0.717) is 6.04 Å². The first-order chi connectivity index (χ1) is 7.29. The van der Waals surface area contributed by atoms with E-state index in [9.17, 15) is 0 Å². The van der Waals surface area contributed by atoms with E-state index in [1.807, 2.05) is 10.9 Å². The minimum Gasteiger partial charge on any atom is -0.310 e. The monoisotopic (exact) mass is 207 g/mol. The molecule has 1 N–H and O–H groups in total. The molecule has 1 saturated carbocycles. The van der Waals surface area contributed by atoms with Crippen molar-refractivity contribution in [2.75, 3.05) is 0 Å². The van der Waals surface area contributed by atoms with E-state index >= 15 is 0 Å². The van der Waals surface area contributed by atoms with E-state index in [0.717, 1.165) is 25.4 Å². The predicted molar refractivity (Wildman–Crippen MR) is 61.5 cm³/mol. The fourth-order valence-electron chi connectivity index (χ4n) is 1.89. The second-order valence-corrected chi connectivity index (χ2v) is 4.62. The Morgan fingerprint density at radius 2 is 2.40 bits per heavy atom. The highest BCUT2D eigenvalue weighted by Crippen LogP contribution is 2.32. The van der Waals surface area contributed by atoms with Gasteiger partial charge >= 0.3 is 0 Å². The average Bonchev–Trinajstić information content (AvgIpc) is 2.98. The van der Waals surface area contributed by atoms with Gasteiger partial charge in [0.05, 0.1) is 6.20 Å². The molecular weight excluding hydrogens is 186 g/mol. The van der Waals surface area contributed by atoms with Crippen LogP contribution in [0.2, 0.25) is 0 Å². The summed E-state index contributed by atoms with van der Waals surface area (Å²) in [6.07, 6.45) is 8.08. The number of rotatable bonds is 6. The molecule has 0 bridgehead atoms. The van der Waals surface area contributed by atoms with Crippen LogP contribution >= 0.6 is 0 Å². The second kappa shape index (κ2) is 4.79. The molecule has 0 aromatic carbocycles. The number of nitrogens with zero attached hydrogens (tertiary/aromatic N) is 2. The zero-order valence-corrected chi connectivity index (χ0v) is 9.74. The largest absolute Gasteiger partial charge is 0.310 e. The molecule has 0 spiro atoms. The molecule has 1 aromatic rings. The van der Waals surface area contributed by atoms with Gasteiger partial charge in [0.1, 0.15) is 0 Å². The van der Waals surface area contributed by atoms with Crippen molar-refractivity contribution in [1.29, 1.82) is 0 Å². The SMILES string of the molecule is CCCn1cc(CNC(C)C2CC2)cn1. The molecule has 2 rings (SSSR count). The third kappa shape index (κ3) is 3.06. The highest BCUT2D eigenvalue weighted by atomic mass is 15.3. The van der Waals surface area contributed by atoms with Gasteiger partial charge < -0.3 is 5.32 Å². The zero-order valence-electron chi connectivity index (χ0n) is 9.74. The van der Waals surface area contributed by atoms with Gasteiger partial charge in [-0.3, -0.25) is 4.68 Å². The summed E-state index contributed by atoms with van der Waals surface area (Å²) in [5.41, 5.74) is 1.30. The van der Waals surface area contributed by atoms with Gasteiger partial charge in [-0.2, -0.15) is 5.10 Å². The molecule has 1 aliphatic carbocycles.